The lowest BCUT2D eigenvalue weighted by molar-refractivity contribution is -0.136. The molecule has 0 radical (unpaired) electrons. The highest BCUT2D eigenvalue weighted by Gasteiger charge is 2.18. The lowest BCUT2D eigenvalue weighted by Gasteiger charge is -2.12. The minimum Gasteiger partial charge on any atom is -0.481 e. The number of carbonyl (C=O) groups is 1. The van der Waals surface area contributed by atoms with Gasteiger partial charge in [-0.15, -0.1) is 0 Å². The van der Waals surface area contributed by atoms with Gasteiger partial charge in [0.2, 0.25) is 0 Å². The zero-order chi connectivity index (χ0) is 16.1. The third kappa shape index (κ3) is 4.31. The van der Waals surface area contributed by atoms with Crippen LogP contribution in [0.3, 0.4) is 0 Å². The molecule has 3 rings (SSSR count). The molecule has 0 atom stereocenters. The number of aryl methyl sites for hydroxylation is 1. The second-order valence-corrected chi connectivity index (χ2v) is 5.29. The van der Waals surface area contributed by atoms with Gasteiger partial charge < -0.3 is 19.3 Å². The van der Waals surface area contributed by atoms with Crippen molar-refractivity contribution in [1.29, 1.82) is 0 Å². The van der Waals surface area contributed by atoms with E-state index >= 15 is 0 Å². The average Bonchev–Trinajstić information content (AvgIpc) is 3.09. The summed E-state index contributed by atoms with van der Waals surface area (Å²) in [6.45, 7) is 1.21. The molecule has 23 heavy (non-hydrogen) atoms. The monoisotopic (exact) mass is 314 g/mol. The van der Waals surface area contributed by atoms with Crippen LogP contribution in [0.15, 0.2) is 48.5 Å². The van der Waals surface area contributed by atoms with Gasteiger partial charge in [0.1, 0.15) is 11.5 Å². The van der Waals surface area contributed by atoms with Crippen molar-refractivity contribution < 1.29 is 24.1 Å². The minimum absolute atomic E-state index is 0.129. The zero-order valence-electron chi connectivity index (χ0n) is 12.6. The van der Waals surface area contributed by atoms with Gasteiger partial charge in [-0.1, -0.05) is 24.3 Å². The summed E-state index contributed by atoms with van der Waals surface area (Å²) < 4.78 is 16.8. The molecule has 0 aliphatic carbocycles. The lowest BCUT2D eigenvalue weighted by atomic mass is 10.1. The Balaban J connectivity index is 1.64. The summed E-state index contributed by atoms with van der Waals surface area (Å²) in [5.41, 5.74) is 1.90. The molecular formula is C18H18O5. The predicted octanol–water partition coefficient (Wildman–Crippen LogP) is 3.54. The molecule has 0 bridgehead atoms. The van der Waals surface area contributed by atoms with Crippen molar-refractivity contribution >= 4 is 5.97 Å². The highest BCUT2D eigenvalue weighted by Crippen LogP contribution is 2.28. The maximum absolute atomic E-state index is 10.6. The third-order valence-corrected chi connectivity index (χ3v) is 3.54. The van der Waals surface area contributed by atoms with Crippen molar-refractivity contribution in [2.45, 2.75) is 19.1 Å². The molecule has 1 aliphatic rings. The van der Waals surface area contributed by atoms with Gasteiger partial charge in [0, 0.05) is 12.0 Å². The van der Waals surface area contributed by atoms with E-state index in [9.17, 15) is 4.79 Å². The topological polar surface area (TPSA) is 65.0 Å². The normalized spacial score (nSPS) is 14.8. The second kappa shape index (κ2) is 7.26. The number of ether oxygens (including phenoxy) is 3. The van der Waals surface area contributed by atoms with Crippen LogP contribution in [0.2, 0.25) is 0 Å². The van der Waals surface area contributed by atoms with E-state index in [4.69, 9.17) is 19.3 Å². The number of hydrogen-bond acceptors (Lipinski definition) is 4. The van der Waals surface area contributed by atoms with Crippen molar-refractivity contribution in [3.63, 3.8) is 0 Å². The van der Waals surface area contributed by atoms with Gasteiger partial charge in [-0.25, -0.2) is 0 Å². The maximum atomic E-state index is 10.6. The van der Waals surface area contributed by atoms with Crippen LogP contribution >= 0.6 is 0 Å². The number of benzene rings is 2. The Morgan fingerprint density at radius 2 is 1.83 bits per heavy atom. The first-order chi connectivity index (χ1) is 11.2. The van der Waals surface area contributed by atoms with Crippen LogP contribution in [0, 0.1) is 0 Å². The second-order valence-electron chi connectivity index (χ2n) is 5.29. The fraction of sp³-hybridized carbons (Fsp3) is 0.278. The van der Waals surface area contributed by atoms with E-state index in [0.29, 0.717) is 31.1 Å². The molecule has 1 saturated heterocycles. The first kappa shape index (κ1) is 15.5. The van der Waals surface area contributed by atoms with Gasteiger partial charge in [0.25, 0.3) is 0 Å². The highest BCUT2D eigenvalue weighted by molar-refractivity contribution is 5.67. The molecule has 0 spiro atoms. The van der Waals surface area contributed by atoms with Crippen LogP contribution < -0.4 is 4.74 Å². The summed E-state index contributed by atoms with van der Waals surface area (Å²) >= 11 is 0. The molecule has 1 aliphatic heterocycles. The predicted molar refractivity (Wildman–Crippen MR) is 83.6 cm³/mol. The van der Waals surface area contributed by atoms with Gasteiger partial charge in [-0.05, 0) is 36.2 Å². The molecule has 5 heteroatoms. The smallest absolute Gasteiger partial charge is 0.303 e. The molecule has 0 amide bonds. The van der Waals surface area contributed by atoms with Gasteiger partial charge in [-0.3, -0.25) is 4.79 Å². The van der Waals surface area contributed by atoms with Crippen molar-refractivity contribution in [2.24, 2.45) is 0 Å². The molecule has 1 heterocycles. The quantitative estimate of drug-likeness (QED) is 0.883. The summed E-state index contributed by atoms with van der Waals surface area (Å²) in [6.07, 6.45) is 0.322. The van der Waals surface area contributed by atoms with Gasteiger partial charge in [0.05, 0.1) is 13.2 Å². The molecule has 120 valence electrons. The Kier molecular flexibility index (Phi) is 4.90. The molecular weight excluding hydrogens is 296 g/mol. The van der Waals surface area contributed by atoms with Gasteiger partial charge in [-0.2, -0.15) is 0 Å². The molecule has 0 aromatic heterocycles. The number of rotatable bonds is 6. The Morgan fingerprint density at radius 1 is 1.09 bits per heavy atom. The van der Waals surface area contributed by atoms with Gasteiger partial charge in [0.15, 0.2) is 6.29 Å². The van der Waals surface area contributed by atoms with Crippen LogP contribution in [0.1, 0.15) is 23.8 Å². The fourth-order valence-electron chi connectivity index (χ4n) is 2.39. The largest absolute Gasteiger partial charge is 0.481 e. The van der Waals surface area contributed by atoms with Gasteiger partial charge >= 0.3 is 5.97 Å². The van der Waals surface area contributed by atoms with Crippen molar-refractivity contribution in [3.05, 3.63) is 59.7 Å². The molecule has 0 unspecified atom stereocenters. The summed E-state index contributed by atoms with van der Waals surface area (Å²) in [4.78, 5) is 10.6. The SMILES string of the molecule is O=C(O)CCc1ccc(Oc2cccc(C3OCCO3)c2)cc1. The fourth-order valence-corrected chi connectivity index (χ4v) is 2.39. The summed E-state index contributed by atoms with van der Waals surface area (Å²) in [5.74, 6) is 0.618. The Bertz CT molecular complexity index is 659. The first-order valence-corrected chi connectivity index (χ1v) is 7.52. The van der Waals surface area contributed by atoms with E-state index in [1.165, 1.54) is 0 Å². The zero-order valence-corrected chi connectivity index (χ0v) is 12.6. The number of hydrogen-bond donors (Lipinski definition) is 1. The van der Waals surface area contributed by atoms with Crippen LogP contribution in [-0.2, 0) is 20.7 Å². The summed E-state index contributed by atoms with van der Waals surface area (Å²) in [6, 6.07) is 15.1. The van der Waals surface area contributed by atoms with E-state index < -0.39 is 5.97 Å². The molecule has 2 aromatic rings. The van der Waals surface area contributed by atoms with Crippen LogP contribution in [0.4, 0.5) is 0 Å². The summed E-state index contributed by atoms with van der Waals surface area (Å²) in [5, 5.41) is 8.69. The van der Waals surface area contributed by atoms with Crippen LogP contribution in [0.25, 0.3) is 0 Å². The third-order valence-electron chi connectivity index (χ3n) is 3.54. The van der Waals surface area contributed by atoms with Crippen molar-refractivity contribution in [3.8, 4) is 11.5 Å². The minimum atomic E-state index is -0.793. The average molecular weight is 314 g/mol. The Labute approximate surface area is 134 Å². The van der Waals surface area contributed by atoms with E-state index in [1.54, 1.807) is 0 Å². The Morgan fingerprint density at radius 3 is 2.52 bits per heavy atom. The molecule has 0 saturated carbocycles. The lowest BCUT2D eigenvalue weighted by Crippen LogP contribution is -1.98. The summed E-state index contributed by atoms with van der Waals surface area (Å²) in [7, 11) is 0. The Hall–Kier alpha value is -2.37. The number of carboxylic acids is 1. The van der Waals surface area contributed by atoms with Crippen molar-refractivity contribution in [1.82, 2.24) is 0 Å². The first-order valence-electron chi connectivity index (χ1n) is 7.52. The highest BCUT2D eigenvalue weighted by atomic mass is 16.7. The maximum Gasteiger partial charge on any atom is 0.303 e. The van der Waals surface area contributed by atoms with E-state index in [2.05, 4.69) is 0 Å². The standard InChI is InChI=1S/C18H18O5/c19-17(20)9-6-13-4-7-15(8-5-13)23-16-3-1-2-14(12-16)18-21-10-11-22-18/h1-5,7-8,12,18H,6,9-11H2,(H,19,20). The van der Waals surface area contributed by atoms with Crippen molar-refractivity contribution in [2.75, 3.05) is 13.2 Å². The molecule has 1 fully saturated rings. The molecule has 2 aromatic carbocycles. The number of carboxylic acid groups (broad SMARTS) is 1. The van der Waals surface area contributed by atoms with E-state index in [0.717, 1.165) is 11.1 Å². The molecule has 1 N–H and O–H groups in total. The number of aliphatic carboxylic acids is 1. The van der Waals surface area contributed by atoms with Crippen LogP contribution in [0.5, 0.6) is 11.5 Å². The molecule has 5 nitrogen and oxygen atoms in total. The van der Waals surface area contributed by atoms with E-state index in [1.807, 2.05) is 48.5 Å². The van der Waals surface area contributed by atoms with E-state index in [-0.39, 0.29) is 12.7 Å². The van der Waals surface area contributed by atoms with Crippen LogP contribution in [-0.4, -0.2) is 24.3 Å².